The molecule has 0 bridgehead atoms. The lowest BCUT2D eigenvalue weighted by Gasteiger charge is -2.32. The molecule has 1 aliphatic carbocycles. The van der Waals surface area contributed by atoms with E-state index in [1.165, 1.54) is 24.2 Å². The van der Waals surface area contributed by atoms with Gasteiger partial charge in [-0.3, -0.25) is 14.1 Å². The van der Waals surface area contributed by atoms with Crippen LogP contribution in [-0.4, -0.2) is 37.9 Å². The van der Waals surface area contributed by atoms with Crippen LogP contribution in [0.2, 0.25) is 0 Å². The average Bonchev–Trinajstić information content (AvgIpc) is 3.19. The summed E-state index contributed by atoms with van der Waals surface area (Å²) >= 11 is 1.70. The monoisotopic (exact) mass is 319 g/mol. The standard InChI is InChI=1S/C16H21N3O2S/c1-10-13(8-18-7-3-2-4-12(18)15(20)21)19-14(11-5-6-11)9-22-16(19)17-10/h9,11-12H,2-8H2,1H3,(H,20,21). The molecule has 5 nitrogen and oxygen atoms in total. The van der Waals surface area contributed by atoms with Crippen molar-refractivity contribution in [2.45, 2.75) is 57.5 Å². The summed E-state index contributed by atoms with van der Waals surface area (Å²) in [7, 11) is 0. The summed E-state index contributed by atoms with van der Waals surface area (Å²) in [6.07, 6.45) is 5.40. The molecule has 0 aromatic carbocycles. The number of aliphatic carboxylic acids is 1. The van der Waals surface area contributed by atoms with Gasteiger partial charge in [-0.05, 0) is 39.2 Å². The highest BCUT2D eigenvalue weighted by Crippen LogP contribution is 2.42. The Morgan fingerprint density at radius 3 is 2.95 bits per heavy atom. The Labute approximate surface area is 133 Å². The molecule has 1 saturated carbocycles. The number of fused-ring (bicyclic) bond motifs is 1. The zero-order chi connectivity index (χ0) is 15.3. The lowest BCUT2D eigenvalue weighted by molar-refractivity contribution is -0.144. The van der Waals surface area contributed by atoms with E-state index in [0.717, 1.165) is 36.5 Å². The van der Waals surface area contributed by atoms with Crippen molar-refractivity contribution in [3.8, 4) is 0 Å². The number of aromatic nitrogens is 2. The van der Waals surface area contributed by atoms with E-state index in [0.29, 0.717) is 12.5 Å². The quantitative estimate of drug-likeness (QED) is 0.941. The van der Waals surface area contributed by atoms with Gasteiger partial charge in [0.2, 0.25) is 0 Å². The number of carboxylic acids is 1. The minimum atomic E-state index is -0.689. The number of rotatable bonds is 4. The van der Waals surface area contributed by atoms with Crippen molar-refractivity contribution in [3.05, 3.63) is 22.5 Å². The molecule has 22 heavy (non-hydrogen) atoms. The molecule has 118 valence electrons. The average molecular weight is 319 g/mol. The van der Waals surface area contributed by atoms with Gasteiger partial charge in [-0.2, -0.15) is 0 Å². The number of likely N-dealkylation sites (tertiary alicyclic amines) is 1. The van der Waals surface area contributed by atoms with Gasteiger partial charge in [-0.1, -0.05) is 6.42 Å². The maximum Gasteiger partial charge on any atom is 0.320 e. The first-order valence-electron chi connectivity index (χ1n) is 8.07. The van der Waals surface area contributed by atoms with Crippen molar-refractivity contribution in [2.24, 2.45) is 0 Å². The number of nitrogens with zero attached hydrogens (tertiary/aromatic N) is 3. The second-order valence-electron chi connectivity index (χ2n) is 6.52. The molecule has 6 heteroatoms. The van der Waals surface area contributed by atoms with Crippen LogP contribution in [0.3, 0.4) is 0 Å². The van der Waals surface area contributed by atoms with Crippen molar-refractivity contribution in [1.29, 1.82) is 0 Å². The van der Waals surface area contributed by atoms with Crippen LogP contribution in [-0.2, 0) is 11.3 Å². The molecule has 0 radical (unpaired) electrons. The molecule has 2 aliphatic rings. The lowest BCUT2D eigenvalue weighted by Crippen LogP contribution is -2.44. The number of aryl methyl sites for hydroxylation is 1. The van der Waals surface area contributed by atoms with Crippen LogP contribution in [0.4, 0.5) is 0 Å². The number of carboxylic acid groups (broad SMARTS) is 1. The summed E-state index contributed by atoms with van der Waals surface area (Å²) < 4.78 is 2.30. The first kappa shape index (κ1) is 14.2. The third kappa shape index (κ3) is 2.34. The van der Waals surface area contributed by atoms with E-state index in [1.807, 2.05) is 6.92 Å². The van der Waals surface area contributed by atoms with Gasteiger partial charge in [0.1, 0.15) is 6.04 Å². The zero-order valence-electron chi connectivity index (χ0n) is 12.8. The minimum absolute atomic E-state index is 0.346. The molecule has 0 amide bonds. The highest BCUT2D eigenvalue weighted by Gasteiger charge is 2.32. The lowest BCUT2D eigenvalue weighted by atomic mass is 10.0. The molecule has 1 unspecified atom stereocenters. The molecule has 1 aliphatic heterocycles. The van der Waals surface area contributed by atoms with Crippen LogP contribution in [0.5, 0.6) is 0 Å². The summed E-state index contributed by atoms with van der Waals surface area (Å²) in [6, 6.07) is -0.346. The van der Waals surface area contributed by atoms with Gasteiger partial charge in [0.05, 0.1) is 11.4 Å². The van der Waals surface area contributed by atoms with Gasteiger partial charge in [-0.15, -0.1) is 11.3 Å². The predicted octanol–water partition coefficient (Wildman–Crippen LogP) is 3.02. The maximum absolute atomic E-state index is 11.5. The summed E-state index contributed by atoms with van der Waals surface area (Å²) in [5.41, 5.74) is 3.61. The van der Waals surface area contributed by atoms with Gasteiger partial charge < -0.3 is 5.11 Å². The Balaban J connectivity index is 1.69. The summed E-state index contributed by atoms with van der Waals surface area (Å²) in [4.78, 5) is 19.4. The first-order valence-corrected chi connectivity index (χ1v) is 8.95. The maximum atomic E-state index is 11.5. The highest BCUT2D eigenvalue weighted by atomic mass is 32.1. The smallest absolute Gasteiger partial charge is 0.320 e. The normalized spacial score (nSPS) is 23.2. The van der Waals surface area contributed by atoms with Crippen molar-refractivity contribution in [1.82, 2.24) is 14.3 Å². The third-order valence-electron chi connectivity index (χ3n) is 4.93. The number of thiazole rings is 1. The summed E-state index contributed by atoms with van der Waals surface area (Å²) in [6.45, 7) is 3.61. The highest BCUT2D eigenvalue weighted by molar-refractivity contribution is 7.15. The molecule has 3 heterocycles. The van der Waals surface area contributed by atoms with Gasteiger partial charge >= 0.3 is 5.97 Å². The van der Waals surface area contributed by atoms with Crippen LogP contribution in [0.25, 0.3) is 4.96 Å². The van der Waals surface area contributed by atoms with E-state index in [4.69, 9.17) is 0 Å². The Kier molecular flexibility index (Phi) is 3.46. The fraction of sp³-hybridized carbons (Fsp3) is 0.625. The second kappa shape index (κ2) is 5.35. The van der Waals surface area contributed by atoms with E-state index >= 15 is 0 Å². The van der Waals surface area contributed by atoms with Gasteiger partial charge in [0.25, 0.3) is 0 Å². The van der Waals surface area contributed by atoms with Crippen molar-refractivity contribution >= 4 is 22.3 Å². The van der Waals surface area contributed by atoms with E-state index < -0.39 is 5.97 Å². The largest absolute Gasteiger partial charge is 0.480 e. The number of carbonyl (C=O) groups is 1. The van der Waals surface area contributed by atoms with Crippen molar-refractivity contribution in [3.63, 3.8) is 0 Å². The number of hydrogen-bond donors (Lipinski definition) is 1. The Bertz CT molecular complexity index is 716. The third-order valence-corrected chi connectivity index (χ3v) is 5.78. The Hall–Kier alpha value is -1.40. The zero-order valence-corrected chi connectivity index (χ0v) is 13.6. The molecule has 1 atom stereocenters. The molecule has 1 N–H and O–H groups in total. The molecule has 2 aromatic heterocycles. The summed E-state index contributed by atoms with van der Waals surface area (Å²) in [5, 5.41) is 11.7. The predicted molar refractivity (Wildman–Crippen MR) is 85.5 cm³/mol. The van der Waals surface area contributed by atoms with Gasteiger partial charge in [-0.25, -0.2) is 4.98 Å². The minimum Gasteiger partial charge on any atom is -0.480 e. The molecule has 2 fully saturated rings. The molecule has 4 rings (SSSR count). The van der Waals surface area contributed by atoms with E-state index in [2.05, 4.69) is 19.7 Å². The second-order valence-corrected chi connectivity index (χ2v) is 7.35. The fourth-order valence-electron chi connectivity index (χ4n) is 3.54. The molecular weight excluding hydrogens is 298 g/mol. The van der Waals surface area contributed by atoms with Gasteiger partial charge in [0, 0.05) is 23.5 Å². The van der Waals surface area contributed by atoms with Crippen molar-refractivity contribution in [2.75, 3.05) is 6.54 Å². The Morgan fingerprint density at radius 2 is 2.23 bits per heavy atom. The number of hydrogen-bond acceptors (Lipinski definition) is 4. The van der Waals surface area contributed by atoms with Crippen LogP contribution in [0.15, 0.2) is 5.38 Å². The fourth-order valence-corrected chi connectivity index (χ4v) is 4.58. The SMILES string of the molecule is Cc1nc2scc(C3CC3)n2c1CN1CCCCC1C(=O)O. The van der Waals surface area contributed by atoms with Crippen LogP contribution >= 0.6 is 11.3 Å². The number of imidazole rings is 1. The molecule has 0 spiro atoms. The van der Waals surface area contributed by atoms with Crippen molar-refractivity contribution < 1.29 is 9.90 Å². The van der Waals surface area contributed by atoms with Gasteiger partial charge in [0.15, 0.2) is 4.96 Å². The van der Waals surface area contributed by atoms with Crippen LogP contribution < -0.4 is 0 Å². The molecule has 1 saturated heterocycles. The van der Waals surface area contributed by atoms with E-state index in [1.54, 1.807) is 11.3 Å². The molecular formula is C16H21N3O2S. The topological polar surface area (TPSA) is 57.8 Å². The van der Waals surface area contributed by atoms with E-state index in [9.17, 15) is 9.90 Å². The first-order chi connectivity index (χ1) is 10.6. The van der Waals surface area contributed by atoms with Crippen LogP contribution in [0.1, 0.15) is 55.1 Å². The summed E-state index contributed by atoms with van der Waals surface area (Å²) in [5.74, 6) is -0.0106. The van der Waals surface area contributed by atoms with E-state index in [-0.39, 0.29) is 6.04 Å². The molecule has 2 aromatic rings. The van der Waals surface area contributed by atoms with Crippen LogP contribution in [0, 0.1) is 6.92 Å². The Morgan fingerprint density at radius 1 is 1.41 bits per heavy atom. The number of piperidine rings is 1.